The first-order valence-corrected chi connectivity index (χ1v) is 15.5. The topological polar surface area (TPSA) is 129 Å². The Hall–Kier alpha value is -4.02. The number of nitrogens with two attached hydrogens (primary N) is 1. The van der Waals surface area contributed by atoms with Gasteiger partial charge in [-0.2, -0.15) is 0 Å². The van der Waals surface area contributed by atoms with Gasteiger partial charge in [-0.05, 0) is 30.4 Å². The molecule has 9 nitrogen and oxygen atoms in total. The van der Waals surface area contributed by atoms with Crippen molar-refractivity contribution >= 4 is 29.2 Å². The van der Waals surface area contributed by atoms with Gasteiger partial charge in [0.15, 0.2) is 0 Å². The SMILES string of the molecule is CC(=O)NCC[C@H](NC(=O)N(C)Cc1csc(C(C)C)n1)C(=O)NC(/C=C/C(N)Cc1ccccc1)Cc1ccccc1. The number of thiazole rings is 1. The van der Waals surface area contributed by atoms with Gasteiger partial charge in [0.05, 0.1) is 23.3 Å². The highest BCUT2D eigenvalue weighted by molar-refractivity contribution is 7.09. The van der Waals surface area contributed by atoms with Crippen LogP contribution in [0.4, 0.5) is 4.79 Å². The summed E-state index contributed by atoms with van der Waals surface area (Å²) in [5, 5.41) is 11.6. The van der Waals surface area contributed by atoms with Crippen LogP contribution in [0.2, 0.25) is 0 Å². The molecule has 0 spiro atoms. The van der Waals surface area contributed by atoms with E-state index in [-0.39, 0.29) is 36.9 Å². The molecule has 3 atom stereocenters. The Morgan fingerprint density at radius 2 is 1.58 bits per heavy atom. The molecule has 0 aliphatic heterocycles. The normalized spacial score (nSPS) is 13.3. The fourth-order valence-corrected chi connectivity index (χ4v) is 5.27. The number of aromatic nitrogens is 1. The first kappa shape index (κ1) is 33.5. The summed E-state index contributed by atoms with van der Waals surface area (Å²) in [5.74, 6) is -0.236. The predicted molar refractivity (Wildman–Crippen MR) is 173 cm³/mol. The van der Waals surface area contributed by atoms with E-state index in [4.69, 9.17) is 5.73 Å². The van der Waals surface area contributed by atoms with E-state index in [0.29, 0.717) is 25.3 Å². The van der Waals surface area contributed by atoms with Crippen LogP contribution in [0.5, 0.6) is 0 Å². The van der Waals surface area contributed by atoms with Crippen LogP contribution >= 0.6 is 11.3 Å². The molecule has 1 heterocycles. The van der Waals surface area contributed by atoms with Gasteiger partial charge >= 0.3 is 6.03 Å². The molecular weight excluding hydrogens is 560 g/mol. The summed E-state index contributed by atoms with van der Waals surface area (Å²) in [6.07, 6.45) is 5.29. The molecule has 3 aromatic rings. The number of nitrogens with zero attached hydrogens (tertiary/aromatic N) is 2. The van der Waals surface area contributed by atoms with Crippen LogP contribution in [-0.2, 0) is 29.0 Å². The van der Waals surface area contributed by atoms with Crippen molar-refractivity contribution in [1.82, 2.24) is 25.8 Å². The Morgan fingerprint density at radius 1 is 0.953 bits per heavy atom. The minimum absolute atomic E-state index is 0.204. The minimum atomic E-state index is -0.867. The van der Waals surface area contributed by atoms with Crippen molar-refractivity contribution in [2.75, 3.05) is 13.6 Å². The quantitative estimate of drug-likeness (QED) is 0.194. The Kier molecular flexibility index (Phi) is 13.4. The smallest absolute Gasteiger partial charge is 0.318 e. The number of nitrogens with one attached hydrogen (secondary N) is 3. The van der Waals surface area contributed by atoms with Crippen LogP contribution in [-0.4, -0.2) is 59.4 Å². The summed E-state index contributed by atoms with van der Waals surface area (Å²) in [6, 6.07) is 18.0. The summed E-state index contributed by atoms with van der Waals surface area (Å²) >= 11 is 1.57. The standard InChI is InChI=1S/C33H44N6O3S/c1-23(2)32-37-29(22-43-32)21-39(4)33(42)38-30(17-18-35-24(3)40)31(41)36-28(20-26-13-9-6-10-14-26)16-15-27(34)19-25-11-7-5-8-12-25/h5-16,22-23,27-28,30H,17-21,34H2,1-4H3,(H,35,40)(H,36,41)(H,38,42)/b16-15+/t27?,28?,30-/m0/s1. The lowest BCUT2D eigenvalue weighted by Gasteiger charge is -2.25. The number of hydrogen-bond donors (Lipinski definition) is 4. The molecule has 0 bridgehead atoms. The van der Waals surface area contributed by atoms with Gasteiger partial charge in [0.2, 0.25) is 11.8 Å². The van der Waals surface area contributed by atoms with Crippen LogP contribution in [0.1, 0.15) is 54.9 Å². The van der Waals surface area contributed by atoms with Crippen LogP contribution in [0, 0.1) is 0 Å². The number of amides is 4. The average molecular weight is 605 g/mol. The fraction of sp³-hybridized carbons (Fsp3) is 0.394. The Bertz CT molecular complexity index is 1330. The van der Waals surface area contributed by atoms with Gasteiger partial charge in [-0.3, -0.25) is 9.59 Å². The summed E-state index contributed by atoms with van der Waals surface area (Å²) in [4.78, 5) is 44.4. The molecule has 0 saturated heterocycles. The first-order chi connectivity index (χ1) is 20.6. The van der Waals surface area contributed by atoms with Crippen molar-refractivity contribution in [3.63, 3.8) is 0 Å². The number of urea groups is 1. The highest BCUT2D eigenvalue weighted by Crippen LogP contribution is 2.20. The molecule has 0 aliphatic rings. The van der Waals surface area contributed by atoms with E-state index >= 15 is 0 Å². The van der Waals surface area contributed by atoms with Gasteiger partial charge in [0.1, 0.15) is 6.04 Å². The number of carbonyl (C=O) groups is 3. The van der Waals surface area contributed by atoms with E-state index in [2.05, 4.69) is 34.8 Å². The third kappa shape index (κ3) is 12.0. The fourth-order valence-electron chi connectivity index (χ4n) is 4.45. The second-order valence-corrected chi connectivity index (χ2v) is 11.9. The predicted octanol–water partition coefficient (Wildman–Crippen LogP) is 4.16. The van der Waals surface area contributed by atoms with Gasteiger partial charge in [-0.25, -0.2) is 9.78 Å². The molecule has 0 saturated carbocycles. The van der Waals surface area contributed by atoms with Crippen LogP contribution in [0.25, 0.3) is 0 Å². The Balaban J connectivity index is 1.71. The maximum Gasteiger partial charge on any atom is 0.318 e. The molecule has 3 rings (SSSR count). The van der Waals surface area contributed by atoms with E-state index in [9.17, 15) is 14.4 Å². The zero-order valence-electron chi connectivity index (χ0n) is 25.5. The molecular formula is C33H44N6O3S. The molecule has 43 heavy (non-hydrogen) atoms. The van der Waals surface area contributed by atoms with E-state index in [1.165, 1.54) is 11.8 Å². The van der Waals surface area contributed by atoms with Gasteiger partial charge in [0, 0.05) is 37.9 Å². The summed E-state index contributed by atoms with van der Waals surface area (Å²) < 4.78 is 0. The molecule has 0 aliphatic carbocycles. The lowest BCUT2D eigenvalue weighted by atomic mass is 10.0. The molecule has 2 aromatic carbocycles. The monoisotopic (exact) mass is 604 g/mol. The van der Waals surface area contributed by atoms with E-state index in [1.54, 1.807) is 18.4 Å². The number of hydrogen-bond acceptors (Lipinski definition) is 6. The van der Waals surface area contributed by atoms with Crippen LogP contribution in [0.15, 0.2) is 78.2 Å². The van der Waals surface area contributed by atoms with Gasteiger partial charge < -0.3 is 26.6 Å². The van der Waals surface area contributed by atoms with Crippen LogP contribution in [0.3, 0.4) is 0 Å². The lowest BCUT2D eigenvalue weighted by Crippen LogP contribution is -2.53. The van der Waals surface area contributed by atoms with Gasteiger partial charge in [0.25, 0.3) is 0 Å². The highest BCUT2D eigenvalue weighted by atomic mass is 32.1. The molecule has 2 unspecified atom stereocenters. The average Bonchev–Trinajstić information content (AvgIpc) is 3.45. The maximum absolute atomic E-state index is 13.6. The van der Waals surface area contributed by atoms with E-state index < -0.39 is 12.1 Å². The first-order valence-electron chi connectivity index (χ1n) is 14.6. The lowest BCUT2D eigenvalue weighted by molar-refractivity contribution is -0.124. The van der Waals surface area contributed by atoms with Crippen molar-refractivity contribution in [1.29, 1.82) is 0 Å². The van der Waals surface area contributed by atoms with E-state index in [0.717, 1.165) is 21.8 Å². The molecule has 5 N–H and O–H groups in total. The van der Waals surface area contributed by atoms with Crippen molar-refractivity contribution in [2.24, 2.45) is 5.73 Å². The van der Waals surface area contributed by atoms with Gasteiger partial charge in [-0.1, -0.05) is 86.7 Å². The molecule has 1 aromatic heterocycles. The maximum atomic E-state index is 13.6. The van der Waals surface area contributed by atoms with E-state index in [1.807, 2.05) is 78.2 Å². The van der Waals surface area contributed by atoms with Crippen molar-refractivity contribution in [2.45, 2.75) is 70.6 Å². The van der Waals surface area contributed by atoms with Gasteiger partial charge in [-0.15, -0.1) is 11.3 Å². The summed E-state index contributed by atoms with van der Waals surface area (Å²) in [7, 11) is 1.67. The zero-order chi connectivity index (χ0) is 31.2. The van der Waals surface area contributed by atoms with Crippen molar-refractivity contribution in [3.8, 4) is 0 Å². The van der Waals surface area contributed by atoms with Crippen molar-refractivity contribution in [3.05, 3.63) is 100 Å². The van der Waals surface area contributed by atoms with Crippen molar-refractivity contribution < 1.29 is 14.4 Å². The Morgan fingerprint density at radius 3 is 2.16 bits per heavy atom. The highest BCUT2D eigenvalue weighted by Gasteiger charge is 2.25. The molecule has 0 fully saturated rings. The summed E-state index contributed by atoms with van der Waals surface area (Å²) in [6.45, 7) is 6.12. The minimum Gasteiger partial charge on any atom is -0.356 e. The molecule has 230 valence electrons. The van der Waals surface area contributed by atoms with Crippen LogP contribution < -0.4 is 21.7 Å². The third-order valence-corrected chi connectivity index (χ3v) is 7.96. The number of rotatable bonds is 15. The summed E-state index contributed by atoms with van der Waals surface area (Å²) in [5.41, 5.74) is 9.39. The molecule has 4 amide bonds. The third-order valence-electron chi connectivity index (χ3n) is 6.76. The zero-order valence-corrected chi connectivity index (χ0v) is 26.3. The Labute approximate surface area is 259 Å². The molecule has 10 heteroatoms. The molecule has 0 radical (unpaired) electrons. The number of carbonyl (C=O) groups excluding carboxylic acids is 3. The largest absolute Gasteiger partial charge is 0.356 e. The number of benzene rings is 2. The second kappa shape index (κ2) is 17.2. The second-order valence-electron chi connectivity index (χ2n) is 11.0.